The molecule has 0 amide bonds. The van der Waals surface area contributed by atoms with Gasteiger partial charge in [-0.15, -0.1) is 0 Å². The molecule has 0 radical (unpaired) electrons. The second kappa shape index (κ2) is 5.80. The first-order valence-electron chi connectivity index (χ1n) is 7.09. The summed E-state index contributed by atoms with van der Waals surface area (Å²) in [6.07, 6.45) is 3.59. The quantitative estimate of drug-likeness (QED) is 0.806. The van der Waals surface area contributed by atoms with Gasteiger partial charge in [-0.05, 0) is 18.4 Å². The van der Waals surface area contributed by atoms with E-state index in [1.54, 1.807) is 6.33 Å². The zero-order valence-electron chi connectivity index (χ0n) is 11.6. The van der Waals surface area contributed by atoms with E-state index in [2.05, 4.69) is 52.1 Å². The van der Waals surface area contributed by atoms with Gasteiger partial charge < -0.3 is 4.90 Å². The summed E-state index contributed by atoms with van der Waals surface area (Å²) in [6, 6.07) is 10.7. The van der Waals surface area contributed by atoms with Crippen molar-refractivity contribution in [2.75, 3.05) is 18.0 Å². The molecular formula is C16H18ClN3. The second-order valence-electron chi connectivity index (χ2n) is 5.16. The number of aromatic nitrogens is 2. The lowest BCUT2D eigenvalue weighted by Gasteiger charge is -2.20. The Kier molecular flexibility index (Phi) is 3.88. The highest BCUT2D eigenvalue weighted by molar-refractivity contribution is 6.30. The average Bonchev–Trinajstić information content (AvgIpc) is 2.97. The van der Waals surface area contributed by atoms with E-state index in [0.29, 0.717) is 11.1 Å². The number of halogens is 1. The monoisotopic (exact) mass is 287 g/mol. The van der Waals surface area contributed by atoms with Gasteiger partial charge in [-0.3, -0.25) is 0 Å². The first kappa shape index (κ1) is 13.4. The molecule has 20 heavy (non-hydrogen) atoms. The first-order valence-corrected chi connectivity index (χ1v) is 7.46. The van der Waals surface area contributed by atoms with Crippen molar-refractivity contribution in [2.45, 2.75) is 25.7 Å². The molecule has 3 nitrogen and oxygen atoms in total. The fourth-order valence-corrected chi connectivity index (χ4v) is 3.17. The maximum atomic E-state index is 6.18. The predicted molar refractivity (Wildman–Crippen MR) is 82.4 cm³/mol. The van der Waals surface area contributed by atoms with Crippen molar-refractivity contribution < 1.29 is 0 Å². The van der Waals surface area contributed by atoms with Gasteiger partial charge in [0.2, 0.25) is 0 Å². The average molecular weight is 288 g/mol. The Labute approximate surface area is 124 Å². The molecule has 0 N–H and O–H groups in total. The molecular weight excluding hydrogens is 270 g/mol. The molecule has 0 spiro atoms. The van der Waals surface area contributed by atoms with Crippen LogP contribution in [0.3, 0.4) is 0 Å². The maximum Gasteiger partial charge on any atom is 0.137 e. The molecule has 0 aliphatic carbocycles. The minimum Gasteiger partial charge on any atom is -0.356 e. The van der Waals surface area contributed by atoms with E-state index >= 15 is 0 Å². The van der Waals surface area contributed by atoms with Crippen molar-refractivity contribution in [3.8, 4) is 0 Å². The van der Waals surface area contributed by atoms with Crippen LogP contribution in [-0.4, -0.2) is 23.1 Å². The molecule has 1 aromatic carbocycles. The van der Waals surface area contributed by atoms with Crippen LogP contribution in [-0.2, 0) is 6.42 Å². The van der Waals surface area contributed by atoms with E-state index in [1.165, 1.54) is 5.56 Å². The SMILES string of the molecule is CCc1c(Cl)ncnc1N1CCC(c2ccccc2)C1. The van der Waals surface area contributed by atoms with E-state index in [9.17, 15) is 0 Å². The van der Waals surface area contributed by atoms with Crippen molar-refractivity contribution in [2.24, 2.45) is 0 Å². The van der Waals surface area contributed by atoms with Crippen LogP contribution in [0, 0.1) is 0 Å². The lowest BCUT2D eigenvalue weighted by atomic mass is 9.99. The van der Waals surface area contributed by atoms with Crippen molar-refractivity contribution in [3.05, 3.63) is 52.9 Å². The number of hydrogen-bond acceptors (Lipinski definition) is 3. The summed E-state index contributed by atoms with van der Waals surface area (Å²) >= 11 is 6.18. The van der Waals surface area contributed by atoms with Crippen LogP contribution in [0.25, 0.3) is 0 Å². The Bertz CT molecular complexity index is 586. The summed E-state index contributed by atoms with van der Waals surface area (Å²) in [4.78, 5) is 10.9. The van der Waals surface area contributed by atoms with Crippen LogP contribution in [0.5, 0.6) is 0 Å². The molecule has 1 aliphatic rings. The number of hydrogen-bond donors (Lipinski definition) is 0. The molecule has 2 heterocycles. The third-order valence-electron chi connectivity index (χ3n) is 3.98. The fraction of sp³-hybridized carbons (Fsp3) is 0.375. The largest absolute Gasteiger partial charge is 0.356 e. The zero-order chi connectivity index (χ0) is 13.9. The molecule has 1 atom stereocenters. The van der Waals surface area contributed by atoms with Gasteiger partial charge in [-0.2, -0.15) is 0 Å². The minimum absolute atomic E-state index is 0.578. The zero-order valence-corrected chi connectivity index (χ0v) is 12.3. The highest BCUT2D eigenvalue weighted by atomic mass is 35.5. The van der Waals surface area contributed by atoms with Crippen molar-refractivity contribution in [3.63, 3.8) is 0 Å². The molecule has 1 saturated heterocycles. The molecule has 4 heteroatoms. The third kappa shape index (κ3) is 2.50. The number of rotatable bonds is 3. The van der Waals surface area contributed by atoms with E-state index in [0.717, 1.165) is 37.3 Å². The van der Waals surface area contributed by atoms with Crippen LogP contribution in [0.2, 0.25) is 5.15 Å². The summed E-state index contributed by atoms with van der Waals surface area (Å²) < 4.78 is 0. The van der Waals surface area contributed by atoms with Crippen LogP contribution in [0.1, 0.15) is 30.4 Å². The molecule has 0 bridgehead atoms. The molecule has 1 aliphatic heterocycles. The second-order valence-corrected chi connectivity index (χ2v) is 5.52. The van der Waals surface area contributed by atoms with Gasteiger partial charge in [0.1, 0.15) is 17.3 Å². The molecule has 1 fully saturated rings. The standard InChI is InChI=1S/C16H18ClN3/c1-2-14-15(17)18-11-19-16(14)20-9-8-13(10-20)12-6-4-3-5-7-12/h3-7,11,13H,2,8-10H2,1H3. The molecule has 104 valence electrons. The molecule has 1 unspecified atom stereocenters. The molecule has 0 saturated carbocycles. The van der Waals surface area contributed by atoms with Crippen LogP contribution in [0.4, 0.5) is 5.82 Å². The Balaban J connectivity index is 1.83. The van der Waals surface area contributed by atoms with Crippen LogP contribution in [0.15, 0.2) is 36.7 Å². The normalized spacial score (nSPS) is 18.5. The lowest BCUT2D eigenvalue weighted by molar-refractivity contribution is 0.773. The summed E-state index contributed by atoms with van der Waals surface area (Å²) in [6.45, 7) is 4.13. The van der Waals surface area contributed by atoms with Crippen molar-refractivity contribution in [1.29, 1.82) is 0 Å². The minimum atomic E-state index is 0.578. The Morgan fingerprint density at radius 1 is 1.25 bits per heavy atom. The number of anilines is 1. The smallest absolute Gasteiger partial charge is 0.137 e. The van der Waals surface area contributed by atoms with Crippen molar-refractivity contribution >= 4 is 17.4 Å². The number of benzene rings is 1. The van der Waals surface area contributed by atoms with Crippen LogP contribution >= 0.6 is 11.6 Å². The summed E-state index contributed by atoms with van der Waals surface area (Å²) in [5, 5.41) is 0.584. The van der Waals surface area contributed by atoms with Gasteiger partial charge in [-0.1, -0.05) is 48.9 Å². The van der Waals surface area contributed by atoms with Gasteiger partial charge in [0.05, 0.1) is 0 Å². The van der Waals surface area contributed by atoms with Crippen LogP contribution < -0.4 is 4.90 Å². The third-order valence-corrected chi connectivity index (χ3v) is 4.31. The first-order chi connectivity index (χ1) is 9.79. The van der Waals surface area contributed by atoms with E-state index in [-0.39, 0.29) is 0 Å². The summed E-state index contributed by atoms with van der Waals surface area (Å²) in [5.74, 6) is 1.58. The Morgan fingerprint density at radius 2 is 2.05 bits per heavy atom. The summed E-state index contributed by atoms with van der Waals surface area (Å²) in [7, 11) is 0. The molecule has 1 aromatic heterocycles. The van der Waals surface area contributed by atoms with E-state index in [4.69, 9.17) is 11.6 Å². The van der Waals surface area contributed by atoms with Gasteiger partial charge in [-0.25, -0.2) is 9.97 Å². The van der Waals surface area contributed by atoms with Crippen molar-refractivity contribution in [1.82, 2.24) is 9.97 Å². The maximum absolute atomic E-state index is 6.18. The Hall–Kier alpha value is -1.61. The molecule has 3 rings (SSSR count). The van der Waals surface area contributed by atoms with Gasteiger partial charge in [0, 0.05) is 24.6 Å². The van der Waals surface area contributed by atoms with E-state index in [1.807, 2.05) is 0 Å². The Morgan fingerprint density at radius 3 is 2.80 bits per heavy atom. The molecule has 2 aromatic rings. The predicted octanol–water partition coefficient (Wildman–Crippen LogP) is 3.69. The highest BCUT2D eigenvalue weighted by Crippen LogP contribution is 2.32. The highest BCUT2D eigenvalue weighted by Gasteiger charge is 2.26. The van der Waals surface area contributed by atoms with Gasteiger partial charge >= 0.3 is 0 Å². The lowest BCUT2D eigenvalue weighted by Crippen LogP contribution is -2.22. The number of nitrogens with zero attached hydrogens (tertiary/aromatic N) is 3. The van der Waals surface area contributed by atoms with Gasteiger partial charge in [0.25, 0.3) is 0 Å². The topological polar surface area (TPSA) is 29.0 Å². The van der Waals surface area contributed by atoms with E-state index < -0.39 is 0 Å². The van der Waals surface area contributed by atoms with Gasteiger partial charge in [0.15, 0.2) is 0 Å². The summed E-state index contributed by atoms with van der Waals surface area (Å²) in [5.41, 5.74) is 2.47. The fourth-order valence-electron chi connectivity index (χ4n) is 2.91.